The second-order valence-electron chi connectivity index (χ2n) is 5.94. The monoisotopic (exact) mass is 499 g/mol. The third kappa shape index (κ3) is 4.52. The highest BCUT2D eigenvalue weighted by molar-refractivity contribution is 9.10. The van der Waals surface area contributed by atoms with Gasteiger partial charge in [-0.15, -0.1) is 0 Å². The quantitative estimate of drug-likeness (QED) is 0.382. The van der Waals surface area contributed by atoms with Crippen LogP contribution in [0.1, 0.15) is 0 Å². The second kappa shape index (κ2) is 8.01. The summed E-state index contributed by atoms with van der Waals surface area (Å²) < 4.78 is 40.9. The van der Waals surface area contributed by atoms with E-state index in [2.05, 4.69) is 20.7 Å². The molecule has 0 aliphatic carbocycles. The maximum Gasteiger partial charge on any atom is 0.316 e. The van der Waals surface area contributed by atoms with Crippen molar-refractivity contribution in [2.75, 3.05) is 10.5 Å². The minimum Gasteiger partial charge on any atom is -0.508 e. The number of anilines is 1. The summed E-state index contributed by atoms with van der Waals surface area (Å²) in [5.41, 5.74) is -0.0645. The maximum absolute atomic E-state index is 12.8. The third-order valence-electron chi connectivity index (χ3n) is 3.93. The van der Waals surface area contributed by atoms with Crippen molar-refractivity contribution in [2.24, 2.45) is 0 Å². The molecule has 152 valence electrons. The van der Waals surface area contributed by atoms with Gasteiger partial charge in [-0.05, 0) is 48.5 Å². The zero-order chi connectivity index (χ0) is 21.3. The van der Waals surface area contributed by atoms with Crippen molar-refractivity contribution in [1.82, 2.24) is 0 Å². The number of rotatable bonds is 6. The Kier molecular flexibility index (Phi) is 5.82. The smallest absolute Gasteiger partial charge is 0.316 e. The van der Waals surface area contributed by atoms with E-state index in [0.717, 1.165) is 6.07 Å². The summed E-state index contributed by atoms with van der Waals surface area (Å²) >= 11 is 3.22. The van der Waals surface area contributed by atoms with Crippen LogP contribution in [0.15, 0.2) is 62.8 Å². The molecule has 1 unspecified atom stereocenters. The first-order valence-electron chi connectivity index (χ1n) is 7.96. The van der Waals surface area contributed by atoms with Gasteiger partial charge in [-0.1, -0.05) is 15.9 Å². The van der Waals surface area contributed by atoms with Crippen LogP contribution in [-0.2, 0) is 25.6 Å². The molecule has 0 saturated heterocycles. The minimum atomic E-state index is -4.06. The Hall–Kier alpha value is -2.63. The van der Waals surface area contributed by atoms with E-state index in [4.69, 9.17) is 5.11 Å². The van der Waals surface area contributed by atoms with E-state index in [-0.39, 0.29) is 32.0 Å². The number of sulfonamides is 1. The molecule has 3 aromatic carbocycles. The van der Waals surface area contributed by atoms with E-state index < -0.39 is 38.3 Å². The summed E-state index contributed by atoms with van der Waals surface area (Å²) in [5.74, 6) is -2.74. The first kappa shape index (κ1) is 21.1. The van der Waals surface area contributed by atoms with Crippen molar-refractivity contribution in [1.29, 1.82) is 0 Å². The predicted octanol–water partition coefficient (Wildman–Crippen LogP) is 3.01. The van der Waals surface area contributed by atoms with Gasteiger partial charge in [0.2, 0.25) is 0 Å². The summed E-state index contributed by atoms with van der Waals surface area (Å²) in [6, 6.07) is 10.8. The first-order valence-corrected chi connectivity index (χ1v) is 11.6. The summed E-state index contributed by atoms with van der Waals surface area (Å²) in [6.07, 6.45) is 0. The van der Waals surface area contributed by atoms with Gasteiger partial charge in [-0.3, -0.25) is 13.7 Å². The van der Waals surface area contributed by atoms with Crippen LogP contribution < -0.4 is 4.72 Å². The summed E-state index contributed by atoms with van der Waals surface area (Å²) in [4.78, 5) is 10.6. The van der Waals surface area contributed by atoms with Crippen LogP contribution in [0.3, 0.4) is 0 Å². The van der Waals surface area contributed by atoms with Crippen molar-refractivity contribution in [3.63, 3.8) is 0 Å². The van der Waals surface area contributed by atoms with Gasteiger partial charge >= 0.3 is 5.97 Å². The lowest BCUT2D eigenvalue weighted by molar-refractivity contribution is -0.133. The van der Waals surface area contributed by atoms with Gasteiger partial charge in [0.1, 0.15) is 17.3 Å². The fraction of sp³-hybridized carbons (Fsp3) is 0.0556. The number of benzene rings is 3. The second-order valence-corrected chi connectivity index (χ2v) is 9.96. The fourth-order valence-corrected chi connectivity index (χ4v) is 4.93. The van der Waals surface area contributed by atoms with Crippen molar-refractivity contribution in [3.8, 4) is 11.5 Å². The number of hydrogen-bond acceptors (Lipinski definition) is 6. The number of halogens is 1. The van der Waals surface area contributed by atoms with Crippen LogP contribution in [0.4, 0.5) is 5.69 Å². The van der Waals surface area contributed by atoms with Gasteiger partial charge < -0.3 is 15.3 Å². The molecule has 0 spiro atoms. The van der Waals surface area contributed by atoms with Gasteiger partial charge in [-0.25, -0.2) is 8.42 Å². The Labute approximate surface area is 176 Å². The number of fused-ring (bicyclic) bond motifs is 1. The topological polar surface area (TPSA) is 141 Å². The van der Waals surface area contributed by atoms with Crippen molar-refractivity contribution < 1.29 is 32.7 Å². The third-order valence-corrected chi connectivity index (χ3v) is 7.15. The molecular formula is C18H14BrNO7S2. The number of phenols is 2. The molecular weight excluding hydrogens is 486 g/mol. The van der Waals surface area contributed by atoms with Crippen LogP contribution in [0.2, 0.25) is 0 Å². The normalized spacial score (nSPS) is 12.6. The van der Waals surface area contributed by atoms with E-state index in [1.165, 1.54) is 30.3 Å². The van der Waals surface area contributed by atoms with Crippen LogP contribution in [-0.4, -0.2) is 39.7 Å². The summed E-state index contributed by atoms with van der Waals surface area (Å²) in [5, 5.41) is 29.4. The number of carboxylic acid groups (broad SMARTS) is 1. The molecule has 0 aromatic heterocycles. The number of carboxylic acids is 1. The molecule has 11 heteroatoms. The van der Waals surface area contributed by atoms with E-state index in [9.17, 15) is 27.6 Å². The van der Waals surface area contributed by atoms with Crippen LogP contribution in [0.5, 0.6) is 11.5 Å². The van der Waals surface area contributed by atoms with E-state index in [1.807, 2.05) is 0 Å². The summed E-state index contributed by atoms with van der Waals surface area (Å²) in [6.45, 7) is 0. The van der Waals surface area contributed by atoms with E-state index >= 15 is 0 Å². The highest BCUT2D eigenvalue weighted by atomic mass is 79.9. The molecule has 4 N–H and O–H groups in total. The highest BCUT2D eigenvalue weighted by Gasteiger charge is 2.22. The average molecular weight is 500 g/mol. The fourth-order valence-electron chi connectivity index (χ4n) is 2.64. The van der Waals surface area contributed by atoms with E-state index in [0.29, 0.717) is 4.47 Å². The molecule has 0 saturated carbocycles. The van der Waals surface area contributed by atoms with Crippen LogP contribution >= 0.6 is 15.9 Å². The number of aromatic hydroxyl groups is 2. The van der Waals surface area contributed by atoms with Crippen molar-refractivity contribution >= 4 is 59.2 Å². The zero-order valence-corrected chi connectivity index (χ0v) is 17.7. The zero-order valence-electron chi connectivity index (χ0n) is 14.5. The lowest BCUT2D eigenvalue weighted by Crippen LogP contribution is -2.14. The Balaban J connectivity index is 2.18. The largest absolute Gasteiger partial charge is 0.508 e. The molecule has 3 aromatic rings. The molecule has 1 atom stereocenters. The molecule has 0 heterocycles. The van der Waals surface area contributed by atoms with Gasteiger partial charge in [0.05, 0.1) is 26.3 Å². The molecule has 0 aliphatic heterocycles. The highest BCUT2D eigenvalue weighted by Crippen LogP contribution is 2.39. The van der Waals surface area contributed by atoms with E-state index in [1.54, 1.807) is 12.1 Å². The standard InChI is InChI=1S/C18H14BrNO7S2/c19-10-1-4-12(5-2-10)29(26,27)20-15-8-16(28(25)9-17(22)23)18(24)13-6-3-11(21)7-14(13)15/h1-8,20-21,24H,9H2,(H,22,23). The number of nitrogens with one attached hydrogen (secondary N) is 1. The van der Waals surface area contributed by atoms with Crippen molar-refractivity contribution in [2.45, 2.75) is 9.79 Å². The Morgan fingerprint density at radius 3 is 2.31 bits per heavy atom. The number of hydrogen-bond donors (Lipinski definition) is 4. The average Bonchev–Trinajstić information content (AvgIpc) is 2.63. The molecule has 8 nitrogen and oxygen atoms in total. The molecule has 3 rings (SSSR count). The predicted molar refractivity (Wildman–Crippen MR) is 111 cm³/mol. The van der Waals surface area contributed by atoms with Crippen LogP contribution in [0.25, 0.3) is 10.8 Å². The Morgan fingerprint density at radius 2 is 1.69 bits per heavy atom. The van der Waals surface area contributed by atoms with Crippen LogP contribution in [0, 0.1) is 0 Å². The van der Waals surface area contributed by atoms with Gasteiger partial charge in [0.25, 0.3) is 10.0 Å². The first-order chi connectivity index (χ1) is 13.6. The minimum absolute atomic E-state index is 0.0460. The molecule has 0 amide bonds. The SMILES string of the molecule is O=C(O)CS(=O)c1cc(NS(=O)(=O)c2ccc(Br)cc2)c2cc(O)ccc2c1O. The number of carbonyl (C=O) groups is 1. The molecule has 29 heavy (non-hydrogen) atoms. The van der Waals surface area contributed by atoms with Crippen molar-refractivity contribution in [3.05, 3.63) is 53.0 Å². The molecule has 0 aliphatic rings. The Morgan fingerprint density at radius 1 is 1.03 bits per heavy atom. The van der Waals surface area contributed by atoms with Gasteiger partial charge in [0.15, 0.2) is 0 Å². The Bertz CT molecular complexity index is 1240. The number of aliphatic carboxylic acids is 1. The maximum atomic E-state index is 12.8. The molecule has 0 bridgehead atoms. The van der Waals surface area contributed by atoms with Gasteiger partial charge in [0, 0.05) is 15.2 Å². The lowest BCUT2D eigenvalue weighted by Gasteiger charge is -2.15. The molecule has 0 fully saturated rings. The van der Waals surface area contributed by atoms with Gasteiger partial charge in [-0.2, -0.15) is 0 Å². The number of phenolic OH excluding ortho intramolecular Hbond substituents is 2. The molecule has 0 radical (unpaired) electrons. The summed E-state index contributed by atoms with van der Waals surface area (Å²) in [7, 11) is -6.19. The lowest BCUT2D eigenvalue weighted by atomic mass is 10.1.